The normalized spacial score (nSPS) is 18.1. The van der Waals surface area contributed by atoms with Crippen molar-refractivity contribution in [2.24, 2.45) is 4.99 Å². The molecule has 1 spiro atoms. The van der Waals surface area contributed by atoms with Gasteiger partial charge in [0.1, 0.15) is 16.8 Å². The third-order valence-electron chi connectivity index (χ3n) is 5.30. The Kier molecular flexibility index (Phi) is 3.67. The van der Waals surface area contributed by atoms with Gasteiger partial charge in [-0.15, -0.1) is 11.3 Å². The third-order valence-corrected chi connectivity index (χ3v) is 6.49. The molecular formula is C19H19N3OS. The number of thiophene rings is 1. The molecule has 24 heavy (non-hydrogen) atoms. The maximum absolute atomic E-state index is 9.61. The van der Waals surface area contributed by atoms with Crippen LogP contribution in [0, 0.1) is 18.3 Å². The molecular weight excluding hydrogens is 318 g/mol. The van der Waals surface area contributed by atoms with Crippen LogP contribution in [0.2, 0.25) is 0 Å². The van der Waals surface area contributed by atoms with Gasteiger partial charge < -0.3 is 0 Å². The average molecular weight is 337 g/mol. The number of aryl methyl sites for hydroxylation is 1. The second-order valence-electron chi connectivity index (χ2n) is 6.68. The van der Waals surface area contributed by atoms with Crippen LogP contribution < -0.4 is 5.48 Å². The van der Waals surface area contributed by atoms with E-state index in [1.807, 2.05) is 19.1 Å². The molecule has 4 rings (SSSR count). The Morgan fingerprint density at radius 1 is 1.25 bits per heavy atom. The van der Waals surface area contributed by atoms with Crippen LogP contribution in [0.4, 0.5) is 5.69 Å². The number of amidine groups is 1. The van der Waals surface area contributed by atoms with Crippen LogP contribution in [0.1, 0.15) is 48.1 Å². The van der Waals surface area contributed by atoms with Gasteiger partial charge in [0.05, 0.1) is 11.1 Å². The minimum Gasteiger partial charge on any atom is -0.290 e. The molecule has 1 fully saturated rings. The number of hydroxylamine groups is 1. The molecule has 1 aromatic carbocycles. The summed E-state index contributed by atoms with van der Waals surface area (Å²) in [5.74, 6) is 0.690. The second kappa shape index (κ2) is 5.73. The molecule has 0 unspecified atom stereocenters. The lowest BCUT2D eigenvalue weighted by molar-refractivity contribution is 0.218. The van der Waals surface area contributed by atoms with Crippen molar-refractivity contribution in [2.75, 3.05) is 0 Å². The first-order valence-corrected chi connectivity index (χ1v) is 9.14. The van der Waals surface area contributed by atoms with Gasteiger partial charge in [0.15, 0.2) is 0 Å². The van der Waals surface area contributed by atoms with Gasteiger partial charge >= 0.3 is 0 Å². The number of benzene rings is 1. The van der Waals surface area contributed by atoms with Gasteiger partial charge in [0, 0.05) is 4.88 Å². The number of nitriles is 1. The zero-order valence-corrected chi connectivity index (χ0v) is 14.4. The molecule has 0 atom stereocenters. The number of aliphatic imine (C=N–C) groups is 1. The highest BCUT2D eigenvalue weighted by Crippen LogP contribution is 2.50. The Morgan fingerprint density at radius 3 is 2.71 bits per heavy atom. The fourth-order valence-electron chi connectivity index (χ4n) is 4.13. The lowest BCUT2D eigenvalue weighted by Gasteiger charge is -2.35. The van der Waals surface area contributed by atoms with E-state index in [1.165, 1.54) is 23.3 Å². The zero-order valence-electron chi connectivity index (χ0n) is 13.6. The van der Waals surface area contributed by atoms with Crippen LogP contribution in [0.5, 0.6) is 0 Å². The lowest BCUT2D eigenvalue weighted by atomic mass is 9.69. The molecule has 2 aromatic rings. The van der Waals surface area contributed by atoms with E-state index in [2.05, 4.69) is 28.7 Å². The summed E-state index contributed by atoms with van der Waals surface area (Å²) in [5, 5.41) is 18.8. The first-order chi connectivity index (χ1) is 11.7. The highest BCUT2D eigenvalue weighted by molar-refractivity contribution is 7.16. The first kappa shape index (κ1) is 15.4. The number of nitrogens with one attached hydrogen (secondary N) is 1. The average Bonchev–Trinajstić information content (AvgIpc) is 3.14. The minimum atomic E-state index is -0.179. The Morgan fingerprint density at radius 2 is 2.04 bits per heavy atom. The Labute approximate surface area is 145 Å². The number of nitrogens with zero attached hydrogens (tertiary/aromatic N) is 2. The van der Waals surface area contributed by atoms with Crippen LogP contribution >= 0.6 is 11.3 Å². The van der Waals surface area contributed by atoms with Crippen LogP contribution in [-0.4, -0.2) is 11.0 Å². The van der Waals surface area contributed by atoms with Crippen molar-refractivity contribution in [3.05, 3.63) is 40.3 Å². The molecule has 1 aromatic heterocycles. The summed E-state index contributed by atoms with van der Waals surface area (Å²) in [4.78, 5) is 6.52. The topological polar surface area (TPSA) is 68.4 Å². The fraction of sp³-hybridized carbons (Fsp3) is 0.368. The van der Waals surface area contributed by atoms with E-state index < -0.39 is 0 Å². The quantitative estimate of drug-likeness (QED) is 0.733. The second-order valence-corrected chi connectivity index (χ2v) is 7.73. The van der Waals surface area contributed by atoms with E-state index in [9.17, 15) is 5.21 Å². The van der Waals surface area contributed by atoms with E-state index in [1.54, 1.807) is 0 Å². The number of hydrogen-bond acceptors (Lipinski definition) is 5. The van der Waals surface area contributed by atoms with Crippen molar-refractivity contribution in [3.63, 3.8) is 0 Å². The van der Waals surface area contributed by atoms with E-state index >= 15 is 0 Å². The number of fused-ring (bicyclic) bond motifs is 2. The molecule has 0 radical (unpaired) electrons. The molecule has 5 heteroatoms. The van der Waals surface area contributed by atoms with Gasteiger partial charge in [-0.3, -0.25) is 10.7 Å². The minimum absolute atomic E-state index is 0.179. The molecule has 2 N–H and O–H groups in total. The van der Waals surface area contributed by atoms with Crippen molar-refractivity contribution in [1.29, 1.82) is 5.26 Å². The van der Waals surface area contributed by atoms with Crippen molar-refractivity contribution < 1.29 is 5.21 Å². The molecule has 0 amide bonds. The predicted octanol–water partition coefficient (Wildman–Crippen LogP) is 4.82. The Hall–Kier alpha value is -2.16. The summed E-state index contributed by atoms with van der Waals surface area (Å²) in [5.41, 5.74) is 6.62. The Bertz CT molecular complexity index is 869. The zero-order chi connectivity index (χ0) is 16.7. The van der Waals surface area contributed by atoms with Gasteiger partial charge in [-0.1, -0.05) is 25.3 Å². The monoisotopic (exact) mass is 337 g/mol. The molecule has 1 aliphatic carbocycles. The molecule has 122 valence electrons. The molecule has 1 saturated carbocycles. The van der Waals surface area contributed by atoms with E-state index in [4.69, 9.17) is 5.26 Å². The van der Waals surface area contributed by atoms with E-state index in [-0.39, 0.29) is 5.41 Å². The summed E-state index contributed by atoms with van der Waals surface area (Å²) in [6.45, 7) is 2.05. The summed E-state index contributed by atoms with van der Waals surface area (Å²) < 4.78 is 0. The lowest BCUT2D eigenvalue weighted by Crippen LogP contribution is -2.42. The smallest absolute Gasteiger partial charge is 0.136 e. The summed E-state index contributed by atoms with van der Waals surface area (Å²) in [6, 6.07) is 10.5. The molecule has 2 heterocycles. The maximum Gasteiger partial charge on any atom is 0.136 e. The summed E-state index contributed by atoms with van der Waals surface area (Å²) in [6.07, 6.45) is 5.58. The van der Waals surface area contributed by atoms with Crippen molar-refractivity contribution in [2.45, 2.75) is 44.4 Å². The fourth-order valence-corrected chi connectivity index (χ4v) is 5.10. The van der Waals surface area contributed by atoms with Gasteiger partial charge in [0.25, 0.3) is 0 Å². The first-order valence-electron chi connectivity index (χ1n) is 8.33. The molecule has 1 aliphatic heterocycles. The van der Waals surface area contributed by atoms with Gasteiger partial charge in [-0.05, 0) is 54.7 Å². The van der Waals surface area contributed by atoms with Gasteiger partial charge in [-0.2, -0.15) is 5.26 Å². The van der Waals surface area contributed by atoms with Gasteiger partial charge in [-0.25, -0.2) is 4.99 Å². The Balaban J connectivity index is 1.83. The van der Waals surface area contributed by atoms with Crippen molar-refractivity contribution >= 4 is 22.9 Å². The molecule has 0 bridgehead atoms. The predicted molar refractivity (Wildman–Crippen MR) is 96.0 cm³/mol. The maximum atomic E-state index is 9.61. The highest BCUT2D eigenvalue weighted by Gasteiger charge is 2.44. The van der Waals surface area contributed by atoms with Crippen LogP contribution in [0.15, 0.2) is 29.3 Å². The number of rotatable bonds is 1. The molecule has 0 saturated heterocycles. The van der Waals surface area contributed by atoms with E-state index in [0.717, 1.165) is 52.3 Å². The number of hydrogen-bond donors (Lipinski definition) is 2. The largest absolute Gasteiger partial charge is 0.290 e. The van der Waals surface area contributed by atoms with Crippen molar-refractivity contribution in [3.8, 4) is 16.5 Å². The summed E-state index contributed by atoms with van der Waals surface area (Å²) >= 11 is 1.54. The summed E-state index contributed by atoms with van der Waals surface area (Å²) in [7, 11) is 0. The SMILES string of the molecule is Cc1cc(C#N)sc1-c1ccc2c(c1)C1(CCCCC1)C(NO)=N2. The van der Waals surface area contributed by atoms with Crippen molar-refractivity contribution in [1.82, 2.24) is 5.48 Å². The molecule has 2 aliphatic rings. The van der Waals surface area contributed by atoms with Gasteiger partial charge in [0.2, 0.25) is 0 Å². The standard InChI is InChI=1S/C19H19N3OS/c1-12-9-14(11-20)24-17(12)13-5-6-16-15(10-13)19(18(21-16)22-23)7-3-2-4-8-19/h5-6,9-10,23H,2-4,7-8H2,1H3,(H,21,22). The molecule has 4 nitrogen and oxygen atoms in total. The highest BCUT2D eigenvalue weighted by atomic mass is 32.1. The van der Waals surface area contributed by atoms with E-state index in [0.29, 0.717) is 5.84 Å². The van der Waals surface area contributed by atoms with Crippen LogP contribution in [0.3, 0.4) is 0 Å². The van der Waals surface area contributed by atoms with Crippen LogP contribution in [0.25, 0.3) is 10.4 Å². The van der Waals surface area contributed by atoms with Crippen LogP contribution in [-0.2, 0) is 5.41 Å². The third kappa shape index (κ3) is 2.18.